The van der Waals surface area contributed by atoms with E-state index in [4.69, 9.17) is 10.5 Å². The van der Waals surface area contributed by atoms with Gasteiger partial charge in [0.15, 0.2) is 0 Å². The molecule has 0 bridgehead atoms. The first kappa shape index (κ1) is 13.3. The molecule has 0 spiro atoms. The van der Waals surface area contributed by atoms with Gasteiger partial charge in [0, 0.05) is 0 Å². The molecular weight excluding hydrogens is 166 g/mol. The lowest BCUT2D eigenvalue weighted by Gasteiger charge is -2.12. The van der Waals surface area contributed by atoms with Crippen LogP contribution in [0.5, 0.6) is 0 Å². The third kappa shape index (κ3) is 5.04. The molecule has 4 heteroatoms. The average Bonchev–Trinajstić information content (AvgIpc) is 1.87. The summed E-state index contributed by atoms with van der Waals surface area (Å²) in [5.41, 5.74) is 5.47. The molecule has 0 fully saturated rings. The molecule has 0 aromatic carbocycles. The van der Waals surface area contributed by atoms with E-state index in [0.29, 0.717) is 6.61 Å². The zero-order chi connectivity index (χ0) is 8.15. The van der Waals surface area contributed by atoms with Crippen LogP contribution in [-0.4, -0.2) is 18.6 Å². The van der Waals surface area contributed by atoms with Crippen LogP contribution in [0.4, 0.5) is 0 Å². The molecule has 0 aliphatic carbocycles. The molecular formula is C7H15ClNO2-. The quantitative estimate of drug-likeness (QED) is 0.490. The first-order valence-electron chi connectivity index (χ1n) is 3.51. The van der Waals surface area contributed by atoms with Crippen molar-refractivity contribution in [2.75, 3.05) is 6.61 Å². The van der Waals surface area contributed by atoms with E-state index in [9.17, 15) is 4.79 Å². The monoisotopic (exact) mass is 180 g/mol. The molecule has 0 saturated heterocycles. The summed E-state index contributed by atoms with van der Waals surface area (Å²) in [6, 6.07) is -0.472. The van der Waals surface area contributed by atoms with E-state index in [-0.39, 0.29) is 24.3 Å². The van der Waals surface area contributed by atoms with Gasteiger partial charge in [-0.15, -0.1) is 0 Å². The van der Waals surface area contributed by atoms with Crippen molar-refractivity contribution in [3.05, 3.63) is 0 Å². The third-order valence-electron chi connectivity index (χ3n) is 1.28. The van der Waals surface area contributed by atoms with E-state index >= 15 is 0 Å². The Labute approximate surface area is 73.7 Å². The number of hydrogen-bond acceptors (Lipinski definition) is 3. The van der Waals surface area contributed by atoms with Gasteiger partial charge in [-0.1, -0.05) is 13.8 Å². The fourth-order valence-corrected chi connectivity index (χ4v) is 0.511. The maximum Gasteiger partial charge on any atom is 0.323 e. The Morgan fingerprint density at radius 2 is 2.00 bits per heavy atom. The molecule has 68 valence electrons. The largest absolute Gasteiger partial charge is 1.00 e. The number of halogens is 1. The van der Waals surface area contributed by atoms with E-state index in [2.05, 4.69) is 0 Å². The predicted molar refractivity (Wildman–Crippen MR) is 39.4 cm³/mol. The molecule has 0 heterocycles. The molecule has 0 radical (unpaired) electrons. The second-order valence-corrected chi connectivity index (χ2v) is 2.52. The van der Waals surface area contributed by atoms with Gasteiger partial charge in [-0.05, 0) is 12.8 Å². The highest BCUT2D eigenvalue weighted by Gasteiger charge is 2.17. The highest BCUT2D eigenvalue weighted by Crippen LogP contribution is 1.99. The number of carbonyl (C=O) groups is 1. The van der Waals surface area contributed by atoms with Crippen LogP contribution in [0, 0.1) is 5.92 Å². The SMILES string of the molecule is CCOC(=O)[C@@H](N)C(C)C.[Cl-]. The molecule has 0 rings (SSSR count). The molecule has 0 saturated carbocycles. The lowest BCUT2D eigenvalue weighted by molar-refractivity contribution is -0.145. The molecule has 0 aromatic rings. The van der Waals surface area contributed by atoms with Crippen LogP contribution >= 0.6 is 0 Å². The van der Waals surface area contributed by atoms with E-state index in [1.165, 1.54) is 0 Å². The van der Waals surface area contributed by atoms with Crippen molar-refractivity contribution < 1.29 is 21.9 Å². The number of esters is 1. The second kappa shape index (κ2) is 6.43. The number of rotatable bonds is 3. The molecule has 11 heavy (non-hydrogen) atoms. The molecule has 0 aliphatic heterocycles. The van der Waals surface area contributed by atoms with E-state index in [1.54, 1.807) is 6.92 Å². The molecule has 0 unspecified atom stereocenters. The molecule has 2 N–H and O–H groups in total. The Balaban J connectivity index is 0. The summed E-state index contributed by atoms with van der Waals surface area (Å²) in [5, 5.41) is 0. The Morgan fingerprint density at radius 3 is 2.27 bits per heavy atom. The van der Waals surface area contributed by atoms with Crippen molar-refractivity contribution in [3.63, 3.8) is 0 Å². The molecule has 0 amide bonds. The maximum absolute atomic E-state index is 10.8. The highest BCUT2D eigenvalue weighted by molar-refractivity contribution is 5.75. The summed E-state index contributed by atoms with van der Waals surface area (Å²) in [7, 11) is 0. The van der Waals surface area contributed by atoms with Crippen LogP contribution in [0.15, 0.2) is 0 Å². The first-order chi connectivity index (χ1) is 4.59. The average molecular weight is 181 g/mol. The minimum Gasteiger partial charge on any atom is -1.00 e. The van der Waals surface area contributed by atoms with Crippen molar-refractivity contribution in [1.82, 2.24) is 0 Å². The van der Waals surface area contributed by atoms with Crippen LogP contribution in [0.1, 0.15) is 20.8 Å². The Hall–Kier alpha value is -0.280. The summed E-state index contributed by atoms with van der Waals surface area (Å²) in [4.78, 5) is 10.8. The van der Waals surface area contributed by atoms with Gasteiger partial charge in [0.25, 0.3) is 0 Å². The maximum atomic E-state index is 10.8. The normalized spacial score (nSPS) is 12.1. The first-order valence-corrected chi connectivity index (χ1v) is 3.51. The van der Waals surface area contributed by atoms with Crippen LogP contribution in [0.2, 0.25) is 0 Å². The zero-order valence-corrected chi connectivity index (χ0v) is 7.89. The fraction of sp³-hybridized carbons (Fsp3) is 0.857. The van der Waals surface area contributed by atoms with Gasteiger partial charge in [0.05, 0.1) is 6.61 Å². The fourth-order valence-electron chi connectivity index (χ4n) is 0.511. The summed E-state index contributed by atoms with van der Waals surface area (Å²) in [6.07, 6.45) is 0. The van der Waals surface area contributed by atoms with E-state index < -0.39 is 6.04 Å². The Morgan fingerprint density at radius 1 is 1.55 bits per heavy atom. The third-order valence-corrected chi connectivity index (χ3v) is 1.28. The van der Waals surface area contributed by atoms with Gasteiger partial charge in [0.2, 0.25) is 0 Å². The number of hydrogen-bond donors (Lipinski definition) is 1. The van der Waals surface area contributed by atoms with Crippen molar-refractivity contribution in [3.8, 4) is 0 Å². The zero-order valence-electron chi connectivity index (χ0n) is 7.13. The van der Waals surface area contributed by atoms with E-state index in [0.717, 1.165) is 0 Å². The molecule has 0 aromatic heterocycles. The molecule has 0 aliphatic rings. The minimum absolute atomic E-state index is 0. The van der Waals surface area contributed by atoms with Gasteiger partial charge in [-0.3, -0.25) is 4.79 Å². The van der Waals surface area contributed by atoms with E-state index in [1.807, 2.05) is 13.8 Å². The van der Waals surface area contributed by atoms with Gasteiger partial charge < -0.3 is 22.9 Å². The van der Waals surface area contributed by atoms with Gasteiger partial charge in [0.1, 0.15) is 6.04 Å². The van der Waals surface area contributed by atoms with Crippen LogP contribution in [0.25, 0.3) is 0 Å². The smallest absolute Gasteiger partial charge is 0.323 e. The molecule has 3 nitrogen and oxygen atoms in total. The van der Waals surface area contributed by atoms with Crippen molar-refractivity contribution >= 4 is 5.97 Å². The van der Waals surface area contributed by atoms with Gasteiger partial charge >= 0.3 is 5.97 Å². The summed E-state index contributed by atoms with van der Waals surface area (Å²) in [5.74, 6) is -0.156. The Kier molecular flexibility index (Phi) is 7.79. The lowest BCUT2D eigenvalue weighted by atomic mass is 10.1. The second-order valence-electron chi connectivity index (χ2n) is 2.52. The summed E-state index contributed by atoms with van der Waals surface area (Å²) >= 11 is 0. The predicted octanol–water partition coefficient (Wildman–Crippen LogP) is -2.46. The van der Waals surface area contributed by atoms with Crippen molar-refractivity contribution in [2.45, 2.75) is 26.8 Å². The number of carbonyl (C=O) groups excluding carboxylic acids is 1. The minimum atomic E-state index is -0.472. The summed E-state index contributed by atoms with van der Waals surface area (Å²) in [6.45, 7) is 5.95. The van der Waals surface area contributed by atoms with Crippen LogP contribution in [-0.2, 0) is 9.53 Å². The topological polar surface area (TPSA) is 52.3 Å². The molecule has 1 atom stereocenters. The lowest BCUT2D eigenvalue weighted by Crippen LogP contribution is -3.00. The standard InChI is InChI=1S/C7H15NO2.ClH/c1-4-10-7(9)6(8)5(2)3;/h5-6H,4,8H2,1-3H3;1H/p-1/t6-;/m0./s1. The van der Waals surface area contributed by atoms with Crippen LogP contribution in [0.3, 0.4) is 0 Å². The Bertz CT molecular complexity index is 117. The number of nitrogens with two attached hydrogens (primary N) is 1. The number of ether oxygens (including phenoxy) is 1. The van der Waals surface area contributed by atoms with Crippen molar-refractivity contribution in [2.24, 2.45) is 11.7 Å². The van der Waals surface area contributed by atoms with Gasteiger partial charge in [-0.25, -0.2) is 0 Å². The van der Waals surface area contributed by atoms with Crippen LogP contribution < -0.4 is 18.1 Å². The van der Waals surface area contributed by atoms with Crippen molar-refractivity contribution in [1.29, 1.82) is 0 Å². The highest BCUT2D eigenvalue weighted by atomic mass is 35.5. The summed E-state index contributed by atoms with van der Waals surface area (Å²) < 4.78 is 4.70. The van der Waals surface area contributed by atoms with Gasteiger partial charge in [-0.2, -0.15) is 0 Å².